The third-order valence-corrected chi connectivity index (χ3v) is 7.22. The van der Waals surface area contributed by atoms with E-state index in [0.717, 1.165) is 16.0 Å². The lowest BCUT2D eigenvalue weighted by molar-refractivity contribution is -0.115. The molecule has 4 N–H and O–H groups in total. The van der Waals surface area contributed by atoms with Crippen LogP contribution in [-0.4, -0.2) is 34.0 Å². The molecule has 0 heterocycles. The lowest BCUT2D eigenvalue weighted by Crippen LogP contribution is -2.30. The molecule has 0 aliphatic carbocycles. The summed E-state index contributed by atoms with van der Waals surface area (Å²) in [7, 11) is 0. The third-order valence-electron chi connectivity index (χ3n) is 6.11. The van der Waals surface area contributed by atoms with Crippen molar-refractivity contribution in [2.45, 2.75) is 24.0 Å². The van der Waals surface area contributed by atoms with Gasteiger partial charge in [0, 0.05) is 21.8 Å². The Morgan fingerprint density at radius 3 is 1.95 bits per heavy atom. The SMILES string of the molecule is Cc1ccc(/C=C(\NC(=O)c2ccccc2)C(=O)Nc2ccc(SC(C)C(=O)Nc3ccc(C(=O)O)cc3)cc2)cc1. The van der Waals surface area contributed by atoms with Gasteiger partial charge in [-0.3, -0.25) is 14.4 Å². The van der Waals surface area contributed by atoms with Gasteiger partial charge in [-0.2, -0.15) is 0 Å². The van der Waals surface area contributed by atoms with E-state index in [0.29, 0.717) is 16.9 Å². The van der Waals surface area contributed by atoms with Gasteiger partial charge in [-0.1, -0.05) is 48.0 Å². The number of thioether (sulfide) groups is 1. The summed E-state index contributed by atoms with van der Waals surface area (Å²) in [5.74, 6) is -2.16. The lowest BCUT2D eigenvalue weighted by atomic mass is 10.1. The van der Waals surface area contributed by atoms with Crippen LogP contribution in [0.15, 0.2) is 114 Å². The highest BCUT2D eigenvalue weighted by molar-refractivity contribution is 8.00. The second-order valence-electron chi connectivity index (χ2n) is 9.40. The summed E-state index contributed by atoms with van der Waals surface area (Å²) >= 11 is 1.33. The summed E-state index contributed by atoms with van der Waals surface area (Å²) in [6.45, 7) is 3.73. The molecular weight excluding hydrogens is 550 g/mol. The average Bonchev–Trinajstić information content (AvgIpc) is 2.99. The van der Waals surface area contributed by atoms with E-state index in [1.165, 1.54) is 23.9 Å². The second kappa shape index (κ2) is 14.0. The quantitative estimate of drug-likeness (QED) is 0.131. The van der Waals surface area contributed by atoms with E-state index >= 15 is 0 Å². The van der Waals surface area contributed by atoms with Crippen molar-refractivity contribution in [1.29, 1.82) is 0 Å². The molecule has 1 unspecified atom stereocenters. The van der Waals surface area contributed by atoms with Crippen LogP contribution in [0.2, 0.25) is 0 Å². The van der Waals surface area contributed by atoms with Gasteiger partial charge in [0.25, 0.3) is 11.8 Å². The Morgan fingerprint density at radius 1 is 0.738 bits per heavy atom. The highest BCUT2D eigenvalue weighted by Gasteiger charge is 2.17. The van der Waals surface area contributed by atoms with E-state index in [2.05, 4.69) is 16.0 Å². The number of carboxylic acids is 1. The number of nitrogens with one attached hydrogen (secondary N) is 3. The minimum Gasteiger partial charge on any atom is -0.478 e. The van der Waals surface area contributed by atoms with E-state index in [-0.39, 0.29) is 17.2 Å². The molecule has 42 heavy (non-hydrogen) atoms. The van der Waals surface area contributed by atoms with Crippen molar-refractivity contribution in [3.05, 3.63) is 131 Å². The van der Waals surface area contributed by atoms with Gasteiger partial charge in [0.2, 0.25) is 5.91 Å². The van der Waals surface area contributed by atoms with E-state index in [4.69, 9.17) is 5.11 Å². The van der Waals surface area contributed by atoms with Crippen molar-refractivity contribution >= 4 is 52.9 Å². The van der Waals surface area contributed by atoms with Gasteiger partial charge in [0.05, 0.1) is 10.8 Å². The van der Waals surface area contributed by atoms with Gasteiger partial charge >= 0.3 is 5.97 Å². The molecule has 4 aromatic rings. The molecule has 1 atom stereocenters. The number of carbonyl (C=O) groups excluding carboxylic acids is 3. The second-order valence-corrected chi connectivity index (χ2v) is 10.8. The predicted molar refractivity (Wildman–Crippen MR) is 165 cm³/mol. The van der Waals surface area contributed by atoms with Crippen molar-refractivity contribution in [2.24, 2.45) is 0 Å². The van der Waals surface area contributed by atoms with Gasteiger partial charge in [0.1, 0.15) is 5.70 Å². The molecule has 212 valence electrons. The molecule has 8 nitrogen and oxygen atoms in total. The van der Waals surface area contributed by atoms with Crippen LogP contribution in [0, 0.1) is 6.92 Å². The van der Waals surface area contributed by atoms with Gasteiger partial charge in [-0.15, -0.1) is 11.8 Å². The normalized spacial score (nSPS) is 11.7. The van der Waals surface area contributed by atoms with Crippen molar-refractivity contribution in [3.63, 3.8) is 0 Å². The van der Waals surface area contributed by atoms with Crippen LogP contribution in [0.1, 0.15) is 38.8 Å². The van der Waals surface area contributed by atoms with Gasteiger partial charge in [0.15, 0.2) is 0 Å². The first-order valence-corrected chi connectivity index (χ1v) is 13.9. The number of rotatable bonds is 10. The molecule has 0 aliphatic heterocycles. The number of amides is 3. The molecule has 4 rings (SSSR count). The van der Waals surface area contributed by atoms with E-state index in [1.807, 2.05) is 37.3 Å². The number of hydrogen-bond acceptors (Lipinski definition) is 5. The number of aromatic carboxylic acids is 1. The summed E-state index contributed by atoms with van der Waals surface area (Å²) in [5, 5.41) is 16.9. The zero-order valence-electron chi connectivity index (χ0n) is 23.0. The molecule has 4 aromatic carbocycles. The summed E-state index contributed by atoms with van der Waals surface area (Å²) in [6.07, 6.45) is 1.62. The first-order chi connectivity index (χ1) is 20.2. The third kappa shape index (κ3) is 8.42. The molecule has 3 amide bonds. The molecule has 0 aromatic heterocycles. The predicted octanol–water partition coefficient (Wildman–Crippen LogP) is 6.22. The number of anilines is 2. The van der Waals surface area contributed by atoms with Crippen LogP contribution in [0.4, 0.5) is 11.4 Å². The van der Waals surface area contributed by atoms with Crippen LogP contribution in [0.25, 0.3) is 6.08 Å². The van der Waals surface area contributed by atoms with Gasteiger partial charge in [-0.25, -0.2) is 4.79 Å². The largest absolute Gasteiger partial charge is 0.478 e. The van der Waals surface area contributed by atoms with Gasteiger partial charge < -0.3 is 21.1 Å². The van der Waals surface area contributed by atoms with E-state index < -0.39 is 23.0 Å². The highest BCUT2D eigenvalue weighted by Crippen LogP contribution is 2.26. The molecule has 0 radical (unpaired) electrons. The fourth-order valence-corrected chi connectivity index (χ4v) is 4.65. The monoisotopic (exact) mass is 579 g/mol. The van der Waals surface area contributed by atoms with Crippen LogP contribution in [-0.2, 0) is 9.59 Å². The van der Waals surface area contributed by atoms with Crippen molar-refractivity contribution in [3.8, 4) is 0 Å². The van der Waals surface area contributed by atoms with Crippen molar-refractivity contribution in [1.82, 2.24) is 5.32 Å². The Labute approximate surface area is 247 Å². The summed E-state index contributed by atoms with van der Waals surface area (Å²) in [5.41, 5.74) is 3.51. The van der Waals surface area contributed by atoms with Crippen molar-refractivity contribution in [2.75, 3.05) is 10.6 Å². The molecule has 0 bridgehead atoms. The molecule has 9 heteroatoms. The number of hydrogen-bond donors (Lipinski definition) is 4. The first kappa shape index (κ1) is 29.8. The Morgan fingerprint density at radius 2 is 1.33 bits per heavy atom. The Hall–Kier alpha value is -5.15. The zero-order valence-corrected chi connectivity index (χ0v) is 23.8. The maximum absolute atomic E-state index is 13.2. The van der Waals surface area contributed by atoms with Crippen LogP contribution in [0.5, 0.6) is 0 Å². The summed E-state index contributed by atoms with van der Waals surface area (Å²) < 4.78 is 0. The van der Waals surface area contributed by atoms with Gasteiger partial charge in [-0.05, 0) is 86.2 Å². The molecule has 0 saturated carbocycles. The Bertz CT molecular complexity index is 1600. The average molecular weight is 580 g/mol. The van der Waals surface area contributed by atoms with E-state index in [9.17, 15) is 19.2 Å². The molecular formula is C33H29N3O5S. The maximum Gasteiger partial charge on any atom is 0.335 e. The summed E-state index contributed by atoms with van der Waals surface area (Å²) in [4.78, 5) is 50.5. The first-order valence-electron chi connectivity index (χ1n) is 13.0. The van der Waals surface area contributed by atoms with Crippen LogP contribution >= 0.6 is 11.8 Å². The summed E-state index contributed by atoms with van der Waals surface area (Å²) in [6, 6.07) is 29.2. The molecule has 0 aliphatic rings. The highest BCUT2D eigenvalue weighted by atomic mass is 32.2. The van der Waals surface area contributed by atoms with E-state index in [1.54, 1.807) is 73.7 Å². The zero-order chi connectivity index (χ0) is 30.1. The fraction of sp³-hybridized carbons (Fsp3) is 0.0909. The van der Waals surface area contributed by atoms with Crippen LogP contribution in [0.3, 0.4) is 0 Å². The smallest absolute Gasteiger partial charge is 0.335 e. The molecule has 0 spiro atoms. The minimum atomic E-state index is -1.04. The Balaban J connectivity index is 1.40. The molecule has 0 fully saturated rings. The number of carboxylic acid groups (broad SMARTS) is 1. The number of carbonyl (C=O) groups is 4. The lowest BCUT2D eigenvalue weighted by Gasteiger charge is -2.14. The number of benzene rings is 4. The molecule has 0 saturated heterocycles. The number of aryl methyl sites for hydroxylation is 1. The maximum atomic E-state index is 13.2. The fourth-order valence-electron chi connectivity index (χ4n) is 3.78. The van der Waals surface area contributed by atoms with Crippen LogP contribution < -0.4 is 16.0 Å². The van der Waals surface area contributed by atoms with Crippen molar-refractivity contribution < 1.29 is 24.3 Å². The standard InChI is InChI=1S/C33H29N3O5S/c1-21-8-10-23(11-9-21)20-29(36-31(38)24-6-4-3-5-7-24)32(39)35-27-16-18-28(19-17-27)42-22(2)30(37)34-26-14-12-25(13-15-26)33(40)41/h3-20,22H,1-2H3,(H,34,37)(H,35,39)(H,36,38)(H,40,41)/b29-20-. The minimum absolute atomic E-state index is 0.0906. The Kier molecular flexibility index (Phi) is 9.91. The topological polar surface area (TPSA) is 125 Å².